The van der Waals surface area contributed by atoms with Crippen molar-refractivity contribution in [2.24, 2.45) is 5.92 Å². The third kappa shape index (κ3) is 3.73. The number of carbonyl (C=O) groups is 1. The molecule has 0 spiro atoms. The fraction of sp³-hybridized carbons (Fsp3) is 0.857. The number of carbonyl (C=O) groups excluding carboxylic acids is 1. The minimum atomic E-state index is -0.559. The maximum atomic E-state index is 12.1. The molecule has 0 saturated heterocycles. The number of nitriles is 1. The van der Waals surface area contributed by atoms with E-state index in [9.17, 15) is 10.1 Å². The summed E-state index contributed by atoms with van der Waals surface area (Å²) >= 11 is 0. The second-order valence-electron chi connectivity index (χ2n) is 5.14. The quantitative estimate of drug-likeness (QED) is 0.770. The van der Waals surface area contributed by atoms with Gasteiger partial charge in [0.15, 0.2) is 0 Å². The second kappa shape index (κ2) is 6.64. The van der Waals surface area contributed by atoms with E-state index in [0.717, 1.165) is 51.4 Å². The SMILES string of the molecule is CCCCC(CC)C(=O)NC1(C#N)CCCC1. The molecule has 1 amide bonds. The summed E-state index contributed by atoms with van der Waals surface area (Å²) in [5.74, 6) is 0.171. The van der Waals surface area contributed by atoms with Crippen LogP contribution in [0.1, 0.15) is 65.2 Å². The van der Waals surface area contributed by atoms with E-state index in [1.165, 1.54) is 0 Å². The molecule has 1 fully saturated rings. The lowest BCUT2D eigenvalue weighted by atomic mass is 9.94. The fourth-order valence-corrected chi connectivity index (χ4v) is 2.55. The van der Waals surface area contributed by atoms with Crippen LogP contribution < -0.4 is 5.32 Å². The number of amides is 1. The molecule has 96 valence electrons. The molecule has 0 aliphatic heterocycles. The van der Waals surface area contributed by atoms with Crippen LogP contribution in [0.15, 0.2) is 0 Å². The molecule has 3 nitrogen and oxygen atoms in total. The van der Waals surface area contributed by atoms with Crippen LogP contribution in [0.2, 0.25) is 0 Å². The Balaban J connectivity index is 2.54. The highest BCUT2D eigenvalue weighted by Crippen LogP contribution is 2.29. The van der Waals surface area contributed by atoms with Crippen LogP contribution in [0.4, 0.5) is 0 Å². The first-order valence-corrected chi connectivity index (χ1v) is 6.90. The lowest BCUT2D eigenvalue weighted by Crippen LogP contribution is -2.47. The lowest BCUT2D eigenvalue weighted by Gasteiger charge is -2.25. The van der Waals surface area contributed by atoms with E-state index < -0.39 is 5.54 Å². The highest BCUT2D eigenvalue weighted by atomic mass is 16.2. The number of rotatable bonds is 6. The zero-order valence-corrected chi connectivity index (χ0v) is 11.1. The van der Waals surface area contributed by atoms with Gasteiger partial charge < -0.3 is 5.32 Å². The largest absolute Gasteiger partial charge is 0.338 e. The predicted octanol–water partition coefficient (Wildman–Crippen LogP) is 3.16. The molecule has 17 heavy (non-hydrogen) atoms. The van der Waals surface area contributed by atoms with Crippen LogP contribution in [-0.4, -0.2) is 11.4 Å². The number of nitrogens with one attached hydrogen (secondary N) is 1. The molecule has 1 saturated carbocycles. The molecule has 0 aromatic rings. The van der Waals surface area contributed by atoms with Crippen LogP contribution >= 0.6 is 0 Å². The zero-order valence-electron chi connectivity index (χ0n) is 11.1. The summed E-state index contributed by atoms with van der Waals surface area (Å²) in [6, 6.07) is 2.31. The van der Waals surface area contributed by atoms with Gasteiger partial charge in [-0.25, -0.2) is 0 Å². The third-order valence-electron chi connectivity index (χ3n) is 3.80. The molecular formula is C14H24N2O. The summed E-state index contributed by atoms with van der Waals surface area (Å²) in [6.07, 6.45) is 7.77. The summed E-state index contributed by atoms with van der Waals surface area (Å²) in [5, 5.41) is 12.2. The van der Waals surface area contributed by atoms with Crippen LogP contribution in [0, 0.1) is 17.2 Å². The first-order valence-electron chi connectivity index (χ1n) is 6.90. The van der Waals surface area contributed by atoms with E-state index in [1.54, 1.807) is 0 Å². The Labute approximate surface area is 105 Å². The van der Waals surface area contributed by atoms with Gasteiger partial charge in [-0.3, -0.25) is 4.79 Å². The Kier molecular flexibility index (Phi) is 5.47. The Morgan fingerprint density at radius 3 is 2.53 bits per heavy atom. The predicted molar refractivity (Wildman–Crippen MR) is 68.3 cm³/mol. The minimum absolute atomic E-state index is 0.0841. The molecular weight excluding hydrogens is 212 g/mol. The van der Waals surface area contributed by atoms with Gasteiger partial charge in [0.05, 0.1) is 6.07 Å². The molecule has 1 atom stereocenters. The van der Waals surface area contributed by atoms with Gasteiger partial charge in [0.2, 0.25) is 5.91 Å². The molecule has 0 radical (unpaired) electrons. The van der Waals surface area contributed by atoms with Crippen molar-refractivity contribution in [2.45, 2.75) is 70.8 Å². The van der Waals surface area contributed by atoms with Crippen LogP contribution in [-0.2, 0) is 4.79 Å². The maximum Gasteiger partial charge on any atom is 0.224 e. The van der Waals surface area contributed by atoms with Gasteiger partial charge in [0, 0.05) is 5.92 Å². The van der Waals surface area contributed by atoms with Gasteiger partial charge in [-0.2, -0.15) is 5.26 Å². The molecule has 0 aromatic heterocycles. The van der Waals surface area contributed by atoms with Crippen molar-refractivity contribution in [3.8, 4) is 6.07 Å². The normalized spacial score (nSPS) is 19.6. The van der Waals surface area contributed by atoms with Gasteiger partial charge in [-0.15, -0.1) is 0 Å². The minimum Gasteiger partial charge on any atom is -0.338 e. The van der Waals surface area contributed by atoms with Crippen molar-refractivity contribution in [1.29, 1.82) is 5.26 Å². The van der Waals surface area contributed by atoms with Crippen molar-refractivity contribution in [3.63, 3.8) is 0 Å². The van der Waals surface area contributed by atoms with Crippen molar-refractivity contribution in [3.05, 3.63) is 0 Å². The lowest BCUT2D eigenvalue weighted by molar-refractivity contribution is -0.126. The van der Waals surface area contributed by atoms with Crippen molar-refractivity contribution in [1.82, 2.24) is 5.32 Å². The zero-order chi connectivity index (χ0) is 12.7. The monoisotopic (exact) mass is 236 g/mol. The maximum absolute atomic E-state index is 12.1. The number of nitrogens with zero attached hydrogens (tertiary/aromatic N) is 1. The summed E-state index contributed by atoms with van der Waals surface area (Å²) in [5.41, 5.74) is -0.559. The number of hydrogen-bond acceptors (Lipinski definition) is 2. The molecule has 1 rings (SSSR count). The Morgan fingerprint density at radius 1 is 1.41 bits per heavy atom. The van der Waals surface area contributed by atoms with E-state index >= 15 is 0 Å². The molecule has 1 N–H and O–H groups in total. The van der Waals surface area contributed by atoms with Gasteiger partial charge in [0.25, 0.3) is 0 Å². The summed E-state index contributed by atoms with van der Waals surface area (Å²) in [6.45, 7) is 4.19. The molecule has 0 bridgehead atoms. The van der Waals surface area contributed by atoms with Gasteiger partial charge in [-0.05, 0) is 38.5 Å². The average molecular weight is 236 g/mol. The second-order valence-corrected chi connectivity index (χ2v) is 5.14. The third-order valence-corrected chi connectivity index (χ3v) is 3.80. The van der Waals surface area contributed by atoms with E-state index in [2.05, 4.69) is 18.3 Å². The van der Waals surface area contributed by atoms with Crippen LogP contribution in [0.5, 0.6) is 0 Å². The Hall–Kier alpha value is -1.04. The van der Waals surface area contributed by atoms with Crippen molar-refractivity contribution >= 4 is 5.91 Å². The molecule has 0 aromatic carbocycles. The van der Waals surface area contributed by atoms with Crippen molar-refractivity contribution in [2.75, 3.05) is 0 Å². The van der Waals surface area contributed by atoms with E-state index in [-0.39, 0.29) is 11.8 Å². The fourth-order valence-electron chi connectivity index (χ4n) is 2.55. The smallest absolute Gasteiger partial charge is 0.224 e. The average Bonchev–Trinajstić information content (AvgIpc) is 2.79. The molecule has 3 heteroatoms. The highest BCUT2D eigenvalue weighted by molar-refractivity contribution is 5.79. The highest BCUT2D eigenvalue weighted by Gasteiger charge is 2.36. The number of unbranched alkanes of at least 4 members (excludes halogenated alkanes) is 1. The van der Waals surface area contributed by atoms with Gasteiger partial charge in [-0.1, -0.05) is 26.7 Å². The van der Waals surface area contributed by atoms with E-state index in [0.29, 0.717) is 0 Å². The van der Waals surface area contributed by atoms with E-state index in [4.69, 9.17) is 0 Å². The Morgan fingerprint density at radius 2 is 2.06 bits per heavy atom. The topological polar surface area (TPSA) is 52.9 Å². The van der Waals surface area contributed by atoms with Gasteiger partial charge >= 0.3 is 0 Å². The first-order chi connectivity index (χ1) is 8.17. The molecule has 1 aliphatic carbocycles. The summed E-state index contributed by atoms with van der Waals surface area (Å²) in [7, 11) is 0. The first kappa shape index (κ1) is 14.0. The molecule has 1 unspecified atom stereocenters. The van der Waals surface area contributed by atoms with Crippen LogP contribution in [0.25, 0.3) is 0 Å². The Bertz CT molecular complexity index is 287. The summed E-state index contributed by atoms with van der Waals surface area (Å²) < 4.78 is 0. The summed E-state index contributed by atoms with van der Waals surface area (Å²) in [4.78, 5) is 12.1. The van der Waals surface area contributed by atoms with Crippen molar-refractivity contribution < 1.29 is 4.79 Å². The van der Waals surface area contributed by atoms with E-state index in [1.807, 2.05) is 6.92 Å². The number of hydrogen-bond donors (Lipinski definition) is 1. The molecule has 0 heterocycles. The van der Waals surface area contributed by atoms with Crippen LogP contribution in [0.3, 0.4) is 0 Å². The van der Waals surface area contributed by atoms with Gasteiger partial charge in [0.1, 0.15) is 5.54 Å². The molecule has 1 aliphatic rings. The standard InChI is InChI=1S/C14H24N2O/c1-3-5-8-12(4-2)13(17)16-14(11-15)9-6-7-10-14/h12H,3-10H2,1-2H3,(H,16,17).